The molecule has 1 aromatic carbocycles. The molecule has 1 aromatic heterocycles. The first-order valence-corrected chi connectivity index (χ1v) is 9.30. The summed E-state index contributed by atoms with van der Waals surface area (Å²) in [6.07, 6.45) is 8.53. The van der Waals surface area contributed by atoms with Gasteiger partial charge in [0.15, 0.2) is 0 Å². The van der Waals surface area contributed by atoms with Gasteiger partial charge in [-0.3, -0.25) is 9.69 Å². The topological polar surface area (TPSA) is 25.2 Å². The lowest BCUT2D eigenvalue weighted by atomic mass is 9.58. The Balaban J connectivity index is 1.97. The molecule has 124 valence electrons. The largest absolute Gasteiger partial charge is 0.318 e. The molecule has 1 saturated heterocycles. The second-order valence-electron chi connectivity index (χ2n) is 7.36. The predicted molar refractivity (Wildman–Crippen MR) is 97.0 cm³/mol. The molecule has 0 spiro atoms. The Bertz CT molecular complexity index is 898. The second kappa shape index (κ2) is 4.74. The quantitative estimate of drug-likeness (QED) is 0.768. The zero-order valence-corrected chi connectivity index (χ0v) is 14.6. The third kappa shape index (κ3) is 1.43. The Labute approximate surface area is 146 Å². The summed E-state index contributed by atoms with van der Waals surface area (Å²) in [6.45, 7) is 4.06. The van der Waals surface area contributed by atoms with Crippen molar-refractivity contribution in [3.63, 3.8) is 0 Å². The summed E-state index contributed by atoms with van der Waals surface area (Å²) in [5, 5.41) is 1.06. The van der Waals surface area contributed by atoms with E-state index < -0.39 is 5.54 Å². The van der Waals surface area contributed by atoms with E-state index >= 15 is 0 Å². The third-order valence-electron chi connectivity index (χ3n) is 6.69. The van der Waals surface area contributed by atoms with E-state index in [9.17, 15) is 4.79 Å². The van der Waals surface area contributed by atoms with E-state index in [1.165, 1.54) is 16.5 Å². The number of aromatic nitrogens is 1. The van der Waals surface area contributed by atoms with Crippen molar-refractivity contribution in [2.24, 2.45) is 5.41 Å². The molecule has 2 aromatic rings. The molecule has 0 radical (unpaired) electrons. The summed E-state index contributed by atoms with van der Waals surface area (Å²) in [5.74, 6) is 0. The van der Waals surface area contributed by atoms with Gasteiger partial charge in [0, 0.05) is 23.5 Å². The van der Waals surface area contributed by atoms with Gasteiger partial charge in [-0.2, -0.15) is 0 Å². The van der Waals surface area contributed by atoms with Crippen LogP contribution in [0.3, 0.4) is 0 Å². The minimum Gasteiger partial charge on any atom is -0.318 e. The Morgan fingerprint density at radius 1 is 1.29 bits per heavy atom. The van der Waals surface area contributed by atoms with Gasteiger partial charge in [0.25, 0.3) is 0 Å². The lowest BCUT2D eigenvalue weighted by molar-refractivity contribution is -0.140. The van der Waals surface area contributed by atoms with Gasteiger partial charge in [0.2, 0.25) is 5.24 Å². The standard InChI is InChI=1S/C20H21ClN2O/c1-2-19-9-5-11-22-12-8-15-14-6-3-4-7-16(14)23(13-10-19)17(15)20(19,22)18(21)24/h3-4,6-7,10,13H,2,5,8-9,11-12H2,1H3/t19-,20-/m1/s1. The normalized spacial score (nSPS) is 31.2. The van der Waals surface area contributed by atoms with Gasteiger partial charge < -0.3 is 4.57 Å². The summed E-state index contributed by atoms with van der Waals surface area (Å²) >= 11 is 6.42. The molecule has 0 amide bonds. The van der Waals surface area contributed by atoms with E-state index in [1.54, 1.807) is 0 Å². The van der Waals surface area contributed by atoms with Crippen molar-refractivity contribution in [1.82, 2.24) is 9.47 Å². The first kappa shape index (κ1) is 14.7. The fourth-order valence-corrected chi connectivity index (χ4v) is 6.08. The number of piperidine rings is 1. The molecule has 4 heteroatoms. The zero-order valence-electron chi connectivity index (χ0n) is 13.9. The van der Waals surface area contributed by atoms with E-state index in [-0.39, 0.29) is 10.7 Å². The summed E-state index contributed by atoms with van der Waals surface area (Å²) in [6, 6.07) is 8.49. The van der Waals surface area contributed by atoms with Gasteiger partial charge in [-0.05, 0) is 55.5 Å². The summed E-state index contributed by atoms with van der Waals surface area (Å²) in [5.41, 5.74) is 2.75. The summed E-state index contributed by atoms with van der Waals surface area (Å²) in [4.78, 5) is 15.4. The van der Waals surface area contributed by atoms with Crippen LogP contribution in [0.5, 0.6) is 0 Å². The fourth-order valence-electron chi connectivity index (χ4n) is 5.68. The molecule has 3 aliphatic rings. The van der Waals surface area contributed by atoms with Crippen molar-refractivity contribution in [3.05, 3.63) is 41.6 Å². The first-order chi connectivity index (χ1) is 11.7. The predicted octanol–water partition coefficient (Wildman–Crippen LogP) is 4.13. The van der Waals surface area contributed by atoms with E-state index in [0.717, 1.165) is 44.5 Å². The van der Waals surface area contributed by atoms with Crippen LogP contribution in [0, 0.1) is 5.41 Å². The maximum absolute atomic E-state index is 13.0. The number of hydrogen-bond donors (Lipinski definition) is 0. The van der Waals surface area contributed by atoms with E-state index in [0.29, 0.717) is 0 Å². The highest BCUT2D eigenvalue weighted by atomic mass is 35.5. The van der Waals surface area contributed by atoms with Crippen LogP contribution in [0.25, 0.3) is 17.1 Å². The number of halogens is 1. The first-order valence-electron chi connectivity index (χ1n) is 8.92. The summed E-state index contributed by atoms with van der Waals surface area (Å²) in [7, 11) is 0. The monoisotopic (exact) mass is 340 g/mol. The number of para-hydroxylation sites is 1. The number of rotatable bonds is 2. The van der Waals surface area contributed by atoms with Crippen LogP contribution in [0.15, 0.2) is 30.3 Å². The second-order valence-corrected chi connectivity index (χ2v) is 7.71. The molecule has 24 heavy (non-hydrogen) atoms. The van der Waals surface area contributed by atoms with Gasteiger partial charge in [0.05, 0.1) is 11.2 Å². The van der Waals surface area contributed by atoms with E-state index in [2.05, 4.69) is 52.9 Å². The Morgan fingerprint density at radius 2 is 2.12 bits per heavy atom. The molecule has 0 bridgehead atoms. The van der Waals surface area contributed by atoms with Gasteiger partial charge in [-0.15, -0.1) is 0 Å². The highest BCUT2D eigenvalue weighted by Gasteiger charge is 2.64. The van der Waals surface area contributed by atoms with Crippen LogP contribution in [0.4, 0.5) is 0 Å². The molecule has 1 fully saturated rings. The van der Waals surface area contributed by atoms with Crippen molar-refractivity contribution in [2.75, 3.05) is 13.1 Å². The van der Waals surface area contributed by atoms with Gasteiger partial charge >= 0.3 is 0 Å². The Morgan fingerprint density at radius 3 is 2.92 bits per heavy atom. The highest BCUT2D eigenvalue weighted by Crippen LogP contribution is 2.60. The van der Waals surface area contributed by atoms with Crippen LogP contribution in [-0.4, -0.2) is 27.8 Å². The molecule has 4 heterocycles. The number of nitrogens with zero attached hydrogens (tertiary/aromatic N) is 2. The van der Waals surface area contributed by atoms with Crippen LogP contribution in [0.1, 0.15) is 37.4 Å². The Kier molecular flexibility index (Phi) is 2.91. The number of fused-ring (bicyclic) bond motifs is 3. The van der Waals surface area contributed by atoms with Crippen molar-refractivity contribution < 1.29 is 4.79 Å². The van der Waals surface area contributed by atoms with Crippen LogP contribution in [0.2, 0.25) is 0 Å². The third-order valence-corrected chi connectivity index (χ3v) is 6.97. The maximum Gasteiger partial charge on any atom is 0.249 e. The minimum atomic E-state index is -0.705. The smallest absolute Gasteiger partial charge is 0.249 e. The molecular weight excluding hydrogens is 320 g/mol. The lowest BCUT2D eigenvalue weighted by Gasteiger charge is -2.59. The molecule has 3 nitrogen and oxygen atoms in total. The number of carbonyl (C=O) groups is 1. The van der Waals surface area contributed by atoms with E-state index in [4.69, 9.17) is 11.6 Å². The molecular formula is C20H21ClN2O. The molecule has 0 N–H and O–H groups in total. The molecule has 5 rings (SSSR count). The molecule has 0 aliphatic carbocycles. The summed E-state index contributed by atoms with van der Waals surface area (Å²) < 4.78 is 2.23. The van der Waals surface area contributed by atoms with Gasteiger partial charge in [-0.1, -0.05) is 31.2 Å². The molecule has 2 atom stereocenters. The van der Waals surface area contributed by atoms with Crippen molar-refractivity contribution in [1.29, 1.82) is 0 Å². The fraction of sp³-hybridized carbons (Fsp3) is 0.450. The SMILES string of the molecule is CC[C@]12C=Cn3c4c(c5ccccc53)CCN(CCC1)[C@@]42C(=O)Cl. The molecule has 3 aliphatic heterocycles. The minimum absolute atomic E-state index is 0.191. The zero-order chi connectivity index (χ0) is 16.5. The molecule has 0 unspecified atom stereocenters. The van der Waals surface area contributed by atoms with Gasteiger partial charge in [-0.25, -0.2) is 0 Å². The Hall–Kier alpha value is -1.58. The average Bonchev–Trinajstić information content (AvgIpc) is 2.95. The maximum atomic E-state index is 13.0. The van der Waals surface area contributed by atoms with Crippen LogP contribution < -0.4 is 0 Å². The average molecular weight is 341 g/mol. The van der Waals surface area contributed by atoms with Gasteiger partial charge in [0.1, 0.15) is 5.54 Å². The van der Waals surface area contributed by atoms with Crippen LogP contribution >= 0.6 is 11.6 Å². The van der Waals surface area contributed by atoms with Crippen LogP contribution in [-0.2, 0) is 16.8 Å². The number of benzene rings is 1. The lowest BCUT2D eigenvalue weighted by Crippen LogP contribution is -2.67. The van der Waals surface area contributed by atoms with Crippen molar-refractivity contribution in [3.8, 4) is 0 Å². The van der Waals surface area contributed by atoms with E-state index in [1.807, 2.05) is 0 Å². The number of carbonyl (C=O) groups excluding carboxylic acids is 1. The highest BCUT2D eigenvalue weighted by molar-refractivity contribution is 6.65. The molecule has 0 saturated carbocycles. The van der Waals surface area contributed by atoms with Crippen molar-refractivity contribution in [2.45, 2.75) is 38.1 Å². The van der Waals surface area contributed by atoms with Crippen molar-refractivity contribution >= 4 is 33.9 Å². The number of hydrogen-bond acceptors (Lipinski definition) is 2.